The molecule has 3 amide bonds. The molecule has 1 N–H and O–H groups in total. The van der Waals surface area contributed by atoms with Crippen LogP contribution in [0.15, 0.2) is 35.5 Å². The molecule has 8 nitrogen and oxygen atoms in total. The zero-order valence-electron chi connectivity index (χ0n) is 22.6. The summed E-state index contributed by atoms with van der Waals surface area (Å²) in [6.07, 6.45) is -4.03. The van der Waals surface area contributed by atoms with Crippen LogP contribution in [0.3, 0.4) is 0 Å². The monoisotopic (exact) mass is 538 g/mol. The van der Waals surface area contributed by atoms with Crippen LogP contribution in [0.25, 0.3) is 0 Å². The van der Waals surface area contributed by atoms with Gasteiger partial charge in [-0.1, -0.05) is 26.0 Å². The fraction of sp³-hybridized carbons (Fsp3) is 0.593. The van der Waals surface area contributed by atoms with Crippen LogP contribution in [0.4, 0.5) is 18.0 Å². The maximum absolute atomic E-state index is 13.2. The van der Waals surface area contributed by atoms with Gasteiger partial charge in [0.15, 0.2) is 0 Å². The number of hydrogen-bond acceptors (Lipinski definition) is 5. The van der Waals surface area contributed by atoms with E-state index in [2.05, 4.69) is 10.2 Å². The molecule has 0 aromatic heterocycles. The number of likely N-dealkylation sites (N-methyl/N-ethyl adjacent to an activating group) is 1. The number of carbonyl (C=O) groups is 3. The van der Waals surface area contributed by atoms with Crippen molar-refractivity contribution in [3.63, 3.8) is 0 Å². The minimum absolute atomic E-state index is 0.0557. The van der Waals surface area contributed by atoms with Gasteiger partial charge in [-0.05, 0) is 44.4 Å². The van der Waals surface area contributed by atoms with Gasteiger partial charge in [0.25, 0.3) is 0 Å². The van der Waals surface area contributed by atoms with E-state index >= 15 is 0 Å². The van der Waals surface area contributed by atoms with Gasteiger partial charge in [0.05, 0.1) is 23.8 Å². The minimum Gasteiger partial charge on any atom is -0.463 e. The molecule has 1 saturated heterocycles. The van der Waals surface area contributed by atoms with Gasteiger partial charge in [0, 0.05) is 50.9 Å². The molecular weight excluding hydrogens is 501 g/mol. The van der Waals surface area contributed by atoms with Gasteiger partial charge in [0.2, 0.25) is 5.91 Å². The highest BCUT2D eigenvalue weighted by Gasteiger charge is 2.40. The van der Waals surface area contributed by atoms with Crippen LogP contribution in [0.2, 0.25) is 0 Å². The third kappa shape index (κ3) is 6.67. The SMILES string of the molecule is CCOC(=O)C1=C(CN2CCN(C(=O)CC(C)C)C(C)C2)N(CC)C(=O)NC1c1ccc(C(F)(F)F)cc1. The first-order valence-electron chi connectivity index (χ1n) is 13.0. The Morgan fingerprint density at radius 3 is 2.32 bits per heavy atom. The smallest absolute Gasteiger partial charge is 0.416 e. The Hall–Kier alpha value is -3.08. The molecule has 0 radical (unpaired) electrons. The summed E-state index contributed by atoms with van der Waals surface area (Å²) in [6.45, 7) is 11.7. The molecule has 0 aliphatic carbocycles. The molecule has 1 fully saturated rings. The summed E-state index contributed by atoms with van der Waals surface area (Å²) < 4.78 is 44.7. The number of hydrogen-bond donors (Lipinski definition) is 1. The van der Waals surface area contributed by atoms with Crippen molar-refractivity contribution >= 4 is 17.9 Å². The maximum atomic E-state index is 13.2. The van der Waals surface area contributed by atoms with Gasteiger partial charge >= 0.3 is 18.2 Å². The number of urea groups is 1. The summed E-state index contributed by atoms with van der Waals surface area (Å²) >= 11 is 0. The van der Waals surface area contributed by atoms with Crippen molar-refractivity contribution in [1.29, 1.82) is 0 Å². The Labute approximate surface area is 221 Å². The number of nitrogens with zero attached hydrogens (tertiary/aromatic N) is 3. The second-order valence-corrected chi connectivity index (χ2v) is 10.1. The standard InChI is InChI=1S/C27H37F3N4O4/c1-6-33-21(16-32-12-13-34(18(5)15-32)22(35)14-17(3)4)23(25(36)38-7-2)24(31-26(33)37)19-8-10-20(11-9-19)27(28,29)30/h8-11,17-18,24H,6-7,12-16H2,1-5H3,(H,31,37). The molecule has 11 heteroatoms. The maximum Gasteiger partial charge on any atom is 0.416 e. The number of benzene rings is 1. The molecule has 0 bridgehead atoms. The van der Waals surface area contributed by atoms with E-state index in [-0.39, 0.29) is 43.1 Å². The first kappa shape index (κ1) is 29.5. The van der Waals surface area contributed by atoms with Crippen molar-refractivity contribution < 1.29 is 32.3 Å². The quantitative estimate of drug-likeness (QED) is 0.502. The van der Waals surface area contributed by atoms with E-state index in [1.54, 1.807) is 13.8 Å². The first-order valence-corrected chi connectivity index (χ1v) is 13.0. The Bertz CT molecular complexity index is 1060. The number of esters is 1. The largest absolute Gasteiger partial charge is 0.463 e. The average molecular weight is 539 g/mol. The number of rotatable bonds is 8. The van der Waals surface area contributed by atoms with Crippen molar-refractivity contribution in [2.24, 2.45) is 5.92 Å². The molecule has 1 aromatic rings. The van der Waals surface area contributed by atoms with Crippen LogP contribution >= 0.6 is 0 Å². The molecule has 0 saturated carbocycles. The summed E-state index contributed by atoms with van der Waals surface area (Å²) in [4.78, 5) is 44.4. The van der Waals surface area contributed by atoms with Gasteiger partial charge in [-0.25, -0.2) is 9.59 Å². The van der Waals surface area contributed by atoms with Crippen molar-refractivity contribution in [3.05, 3.63) is 46.7 Å². The Morgan fingerprint density at radius 2 is 1.79 bits per heavy atom. The molecule has 210 valence electrons. The highest BCUT2D eigenvalue weighted by molar-refractivity contribution is 5.95. The Morgan fingerprint density at radius 1 is 1.13 bits per heavy atom. The number of ether oxygens (including phenoxy) is 1. The highest BCUT2D eigenvalue weighted by Crippen LogP contribution is 2.35. The van der Waals surface area contributed by atoms with Crippen LogP contribution in [0.5, 0.6) is 0 Å². The molecule has 2 unspecified atom stereocenters. The molecule has 2 heterocycles. The minimum atomic E-state index is -4.51. The van der Waals surface area contributed by atoms with E-state index in [0.29, 0.717) is 37.3 Å². The number of halogens is 3. The summed E-state index contributed by atoms with van der Waals surface area (Å²) in [7, 11) is 0. The lowest BCUT2D eigenvalue weighted by molar-refractivity contribution is -0.139. The molecule has 1 aromatic carbocycles. The number of piperazine rings is 1. The fourth-order valence-corrected chi connectivity index (χ4v) is 5.00. The number of alkyl halides is 3. The molecule has 38 heavy (non-hydrogen) atoms. The van der Waals surface area contributed by atoms with Crippen LogP contribution in [-0.2, 0) is 20.5 Å². The van der Waals surface area contributed by atoms with Crippen LogP contribution in [-0.4, -0.2) is 78.0 Å². The first-order chi connectivity index (χ1) is 17.9. The Kier molecular flexibility index (Phi) is 9.45. The van der Waals surface area contributed by atoms with E-state index in [9.17, 15) is 27.6 Å². The highest BCUT2D eigenvalue weighted by atomic mass is 19.4. The number of carbonyl (C=O) groups excluding carboxylic acids is 3. The van der Waals surface area contributed by atoms with Gasteiger partial charge in [-0.3, -0.25) is 14.6 Å². The molecule has 2 aliphatic heterocycles. The van der Waals surface area contributed by atoms with Crippen LogP contribution in [0.1, 0.15) is 58.2 Å². The molecule has 2 aliphatic rings. The molecule has 3 rings (SSSR count). The number of amides is 3. The lowest BCUT2D eigenvalue weighted by Crippen LogP contribution is -2.56. The normalized spacial score (nSPS) is 21.1. The van der Waals surface area contributed by atoms with Gasteiger partial charge in [-0.2, -0.15) is 13.2 Å². The molecular formula is C27H37F3N4O4. The average Bonchev–Trinajstić information content (AvgIpc) is 2.83. The zero-order valence-corrected chi connectivity index (χ0v) is 22.6. The lowest BCUT2D eigenvalue weighted by Gasteiger charge is -2.43. The number of nitrogens with one attached hydrogen (secondary N) is 1. The van der Waals surface area contributed by atoms with E-state index in [0.717, 1.165) is 12.1 Å². The summed E-state index contributed by atoms with van der Waals surface area (Å²) in [6, 6.07) is 2.95. The molecule has 2 atom stereocenters. The third-order valence-electron chi connectivity index (χ3n) is 6.81. The topological polar surface area (TPSA) is 82.2 Å². The zero-order chi connectivity index (χ0) is 28.2. The summed E-state index contributed by atoms with van der Waals surface area (Å²) in [5.41, 5.74) is 0.173. The fourth-order valence-electron chi connectivity index (χ4n) is 5.00. The van der Waals surface area contributed by atoms with Crippen LogP contribution in [0, 0.1) is 5.92 Å². The summed E-state index contributed by atoms with van der Waals surface area (Å²) in [5.74, 6) is -0.274. The second-order valence-electron chi connectivity index (χ2n) is 10.1. The predicted octanol–water partition coefficient (Wildman–Crippen LogP) is 4.19. The van der Waals surface area contributed by atoms with Crippen molar-refractivity contribution in [3.8, 4) is 0 Å². The second kappa shape index (κ2) is 12.2. The van der Waals surface area contributed by atoms with E-state index in [1.165, 1.54) is 17.0 Å². The van der Waals surface area contributed by atoms with Crippen molar-refractivity contribution in [2.45, 2.75) is 59.3 Å². The van der Waals surface area contributed by atoms with Gasteiger partial charge in [-0.15, -0.1) is 0 Å². The lowest BCUT2D eigenvalue weighted by atomic mass is 9.93. The van der Waals surface area contributed by atoms with Crippen LogP contribution < -0.4 is 5.32 Å². The van der Waals surface area contributed by atoms with Crippen molar-refractivity contribution in [2.75, 3.05) is 39.3 Å². The Balaban J connectivity index is 1.96. The van der Waals surface area contributed by atoms with E-state index in [4.69, 9.17) is 4.74 Å². The van der Waals surface area contributed by atoms with E-state index < -0.39 is 29.8 Å². The summed E-state index contributed by atoms with van der Waals surface area (Å²) in [5, 5.41) is 2.77. The van der Waals surface area contributed by atoms with Gasteiger partial charge in [0.1, 0.15) is 0 Å². The van der Waals surface area contributed by atoms with Gasteiger partial charge < -0.3 is 15.0 Å². The molecule has 0 spiro atoms. The third-order valence-corrected chi connectivity index (χ3v) is 6.81. The predicted molar refractivity (Wildman–Crippen MR) is 136 cm³/mol. The van der Waals surface area contributed by atoms with Crippen molar-refractivity contribution in [1.82, 2.24) is 20.0 Å². The van der Waals surface area contributed by atoms with E-state index in [1.807, 2.05) is 25.7 Å².